The van der Waals surface area contributed by atoms with Crippen LogP contribution in [-0.4, -0.2) is 30.5 Å². The third kappa shape index (κ3) is 7.01. The maximum atomic E-state index is 11.8. The highest BCUT2D eigenvalue weighted by Gasteiger charge is 2.39. The SMILES string of the molecule is CCC1CCC2CC(C)CC(C)(C1)C2.CNC(=O)C1=C(SC2CCCCC2)C(C)=NOC1. The van der Waals surface area contributed by atoms with Gasteiger partial charge in [0.25, 0.3) is 5.91 Å². The number of hydrogen-bond donors (Lipinski definition) is 1. The van der Waals surface area contributed by atoms with Crippen LogP contribution in [0.5, 0.6) is 0 Å². The van der Waals surface area contributed by atoms with Crippen molar-refractivity contribution in [1.29, 1.82) is 0 Å². The fraction of sp³-hybridized carbons (Fsp3) is 0.852. The number of carbonyl (C=O) groups is 1. The molecule has 2 bridgehead atoms. The van der Waals surface area contributed by atoms with Crippen LogP contribution in [0.2, 0.25) is 0 Å². The Balaban J connectivity index is 0.000000186. The molecule has 0 aromatic rings. The second-order valence-corrected chi connectivity index (χ2v) is 12.5. The van der Waals surface area contributed by atoms with E-state index in [1.807, 2.05) is 18.7 Å². The van der Waals surface area contributed by atoms with Gasteiger partial charge in [0.15, 0.2) is 0 Å². The lowest BCUT2D eigenvalue weighted by Crippen LogP contribution is -2.29. The maximum absolute atomic E-state index is 11.8. The summed E-state index contributed by atoms with van der Waals surface area (Å²) in [7, 11) is 1.65. The molecule has 1 aliphatic heterocycles. The number of nitrogens with zero attached hydrogens (tertiary/aromatic N) is 1. The van der Waals surface area contributed by atoms with E-state index in [4.69, 9.17) is 4.84 Å². The Hall–Kier alpha value is -0.970. The quantitative estimate of drug-likeness (QED) is 0.485. The van der Waals surface area contributed by atoms with Crippen molar-refractivity contribution >= 4 is 23.4 Å². The number of allylic oxidation sites excluding steroid dienone is 1. The third-order valence-corrected chi connectivity index (χ3v) is 9.63. The summed E-state index contributed by atoms with van der Waals surface area (Å²) in [6, 6.07) is 0. The topological polar surface area (TPSA) is 50.7 Å². The van der Waals surface area contributed by atoms with E-state index in [0.717, 1.165) is 33.9 Å². The first-order valence-corrected chi connectivity index (χ1v) is 14.0. The standard InChI is InChI=1S/C14H26.C13H20N2O2S/c1-4-12-5-6-13-7-11(2)8-14(3,9-12)10-13;1-9-12(18-10-6-4-3-5-7-10)11(8-17-15-9)13(16)14-2/h11-13H,4-10H2,1-3H3;10H,3-8H2,1-2H3,(H,14,16). The summed E-state index contributed by atoms with van der Waals surface area (Å²) in [5.41, 5.74) is 2.26. The van der Waals surface area contributed by atoms with Crippen LogP contribution in [-0.2, 0) is 9.63 Å². The van der Waals surface area contributed by atoms with E-state index < -0.39 is 0 Å². The third-order valence-electron chi connectivity index (χ3n) is 8.05. The molecule has 1 heterocycles. The molecule has 0 radical (unpaired) electrons. The zero-order chi connectivity index (χ0) is 23.1. The highest BCUT2D eigenvalue weighted by atomic mass is 32.2. The highest BCUT2D eigenvalue weighted by Crippen LogP contribution is 2.51. The molecule has 0 aromatic heterocycles. The summed E-state index contributed by atoms with van der Waals surface area (Å²) in [6.07, 6.45) is 16.9. The highest BCUT2D eigenvalue weighted by molar-refractivity contribution is 8.04. The molecule has 1 N–H and O–H groups in total. The molecule has 182 valence electrons. The monoisotopic (exact) mass is 462 g/mol. The van der Waals surface area contributed by atoms with E-state index in [1.165, 1.54) is 77.0 Å². The number of nitrogens with one attached hydrogen (secondary N) is 1. The van der Waals surface area contributed by atoms with Crippen molar-refractivity contribution in [3.05, 3.63) is 10.5 Å². The molecule has 3 fully saturated rings. The molecule has 32 heavy (non-hydrogen) atoms. The molecule has 4 unspecified atom stereocenters. The van der Waals surface area contributed by atoms with E-state index in [2.05, 4.69) is 31.2 Å². The van der Waals surface area contributed by atoms with E-state index in [1.54, 1.807) is 7.05 Å². The predicted molar refractivity (Wildman–Crippen MR) is 137 cm³/mol. The van der Waals surface area contributed by atoms with Crippen LogP contribution >= 0.6 is 11.8 Å². The number of carbonyl (C=O) groups excluding carboxylic acids is 1. The zero-order valence-corrected chi connectivity index (χ0v) is 22.0. The van der Waals surface area contributed by atoms with E-state index in [0.29, 0.717) is 10.7 Å². The Morgan fingerprint density at radius 2 is 1.91 bits per heavy atom. The average molecular weight is 463 g/mol. The van der Waals surface area contributed by atoms with Gasteiger partial charge >= 0.3 is 0 Å². The van der Waals surface area contributed by atoms with E-state index >= 15 is 0 Å². The molecule has 0 spiro atoms. The Kier molecular flexibility index (Phi) is 9.57. The van der Waals surface area contributed by atoms with Gasteiger partial charge in [0, 0.05) is 17.2 Å². The second-order valence-electron chi connectivity index (χ2n) is 11.2. The molecule has 4 atom stereocenters. The summed E-state index contributed by atoms with van der Waals surface area (Å²) < 4.78 is 0. The number of thioether (sulfide) groups is 1. The molecule has 5 heteroatoms. The van der Waals surface area contributed by atoms with E-state index in [-0.39, 0.29) is 12.5 Å². The molecule has 4 aliphatic rings. The van der Waals surface area contributed by atoms with Crippen molar-refractivity contribution < 1.29 is 9.63 Å². The summed E-state index contributed by atoms with van der Waals surface area (Å²) in [5.74, 6) is 3.05. The van der Waals surface area contributed by atoms with Crippen molar-refractivity contribution in [3.63, 3.8) is 0 Å². The van der Waals surface area contributed by atoms with Crippen LogP contribution in [0.15, 0.2) is 15.6 Å². The van der Waals surface area contributed by atoms with Crippen molar-refractivity contribution in [2.24, 2.45) is 28.3 Å². The molecule has 0 aromatic carbocycles. The number of hydrogen-bond acceptors (Lipinski definition) is 4. The van der Waals surface area contributed by atoms with Crippen molar-refractivity contribution in [3.8, 4) is 0 Å². The Morgan fingerprint density at radius 3 is 2.59 bits per heavy atom. The molecule has 0 saturated heterocycles. The number of likely N-dealkylation sites (N-methyl/N-ethyl adjacent to an activating group) is 1. The van der Waals surface area contributed by atoms with Gasteiger partial charge in [0.2, 0.25) is 0 Å². The lowest BCUT2D eigenvalue weighted by molar-refractivity contribution is -0.117. The summed E-state index contributed by atoms with van der Waals surface area (Å²) >= 11 is 1.81. The van der Waals surface area contributed by atoms with Crippen LogP contribution in [0, 0.1) is 23.2 Å². The van der Waals surface area contributed by atoms with Gasteiger partial charge in [0.05, 0.1) is 11.3 Å². The first-order chi connectivity index (χ1) is 15.3. The van der Waals surface area contributed by atoms with Crippen LogP contribution in [0.25, 0.3) is 0 Å². The number of fused-ring (bicyclic) bond motifs is 2. The molecule has 4 nitrogen and oxygen atoms in total. The smallest absolute Gasteiger partial charge is 0.251 e. The van der Waals surface area contributed by atoms with Gasteiger partial charge in [-0.2, -0.15) is 0 Å². The van der Waals surface area contributed by atoms with E-state index in [9.17, 15) is 4.79 Å². The molecule has 4 rings (SSSR count). The molecular formula is C27H46N2O2S. The van der Waals surface area contributed by atoms with Gasteiger partial charge in [-0.25, -0.2) is 0 Å². The van der Waals surface area contributed by atoms with Crippen molar-refractivity contribution in [2.75, 3.05) is 13.7 Å². The fourth-order valence-corrected chi connectivity index (χ4v) is 8.11. The van der Waals surface area contributed by atoms with Crippen LogP contribution in [0.4, 0.5) is 0 Å². The summed E-state index contributed by atoms with van der Waals surface area (Å²) in [5, 5.41) is 7.30. The van der Waals surface area contributed by atoms with Crippen LogP contribution in [0.1, 0.15) is 105 Å². The minimum absolute atomic E-state index is 0.0532. The minimum atomic E-state index is -0.0532. The van der Waals surface area contributed by atoms with Crippen LogP contribution < -0.4 is 5.32 Å². The molecule has 1 amide bonds. The van der Waals surface area contributed by atoms with Gasteiger partial charge in [-0.15, -0.1) is 11.8 Å². The normalized spacial score (nSPS) is 33.3. The van der Waals surface area contributed by atoms with Gasteiger partial charge in [-0.05, 0) is 68.6 Å². The van der Waals surface area contributed by atoms with Crippen molar-refractivity contribution in [2.45, 2.75) is 110 Å². The van der Waals surface area contributed by atoms with Gasteiger partial charge in [-0.3, -0.25) is 4.79 Å². The molecular weight excluding hydrogens is 416 g/mol. The van der Waals surface area contributed by atoms with Gasteiger partial charge in [-0.1, -0.05) is 64.5 Å². The molecule has 3 saturated carbocycles. The summed E-state index contributed by atoms with van der Waals surface area (Å²) in [6.45, 7) is 9.60. The summed E-state index contributed by atoms with van der Waals surface area (Å²) in [4.78, 5) is 18.0. The Morgan fingerprint density at radius 1 is 1.16 bits per heavy atom. The first-order valence-electron chi connectivity index (χ1n) is 13.1. The second kappa shape index (κ2) is 11.9. The first kappa shape index (κ1) is 25.6. The molecule has 3 aliphatic carbocycles. The lowest BCUT2D eigenvalue weighted by atomic mass is 9.65. The maximum Gasteiger partial charge on any atom is 0.251 e. The minimum Gasteiger partial charge on any atom is -0.390 e. The number of oxime groups is 1. The average Bonchev–Trinajstić information content (AvgIpc) is 2.89. The van der Waals surface area contributed by atoms with Gasteiger partial charge < -0.3 is 10.2 Å². The number of amides is 1. The largest absolute Gasteiger partial charge is 0.390 e. The zero-order valence-electron chi connectivity index (χ0n) is 21.2. The van der Waals surface area contributed by atoms with Crippen LogP contribution in [0.3, 0.4) is 0 Å². The number of rotatable bonds is 4. The van der Waals surface area contributed by atoms with Gasteiger partial charge in [0.1, 0.15) is 6.61 Å². The fourth-order valence-electron chi connectivity index (χ4n) is 6.71. The Bertz CT molecular complexity index is 698. The van der Waals surface area contributed by atoms with Crippen molar-refractivity contribution in [1.82, 2.24) is 5.32 Å². The lowest BCUT2D eigenvalue weighted by Gasteiger charge is -2.40. The Labute approximate surface area is 200 Å². The predicted octanol–water partition coefficient (Wildman–Crippen LogP) is 7.10.